The van der Waals surface area contributed by atoms with Gasteiger partial charge in [-0.05, 0) is 51.4 Å². The van der Waals surface area contributed by atoms with Crippen molar-refractivity contribution in [2.24, 2.45) is 0 Å². The van der Waals surface area contributed by atoms with Gasteiger partial charge in [-0.1, -0.05) is 184 Å². The third-order valence-electron chi connectivity index (χ3n) is 8.54. The summed E-state index contributed by atoms with van der Waals surface area (Å²) in [4.78, 5) is 12.3. The number of rotatable bonds is 34. The van der Waals surface area contributed by atoms with Gasteiger partial charge >= 0.3 is 0 Å². The fraction of sp³-hybridized carbons (Fsp3) is 0.738. The van der Waals surface area contributed by atoms with E-state index in [0.717, 1.165) is 57.8 Å². The topological polar surface area (TPSA) is 69.6 Å². The first kappa shape index (κ1) is 44.1. The van der Waals surface area contributed by atoms with E-state index in [1.54, 1.807) is 0 Å². The predicted molar refractivity (Wildman–Crippen MR) is 202 cm³/mol. The monoisotopic (exact) mass is 642 g/mol. The standard InChI is InChI=1S/C42H75NO3/c1-3-5-7-9-11-13-15-17-19-21-23-25-27-29-31-33-35-37-41(45)40(39-44)43-42(46)38-36-34-32-30-28-26-24-22-20-18-16-14-12-10-8-6-4-2/h6,8,12,14,18,20,24,26,30,32,40-41,44-45H,3-5,7,9-11,13,15-17,19,21-23,25,27-29,31,33-39H2,1-2H3,(H,43,46)/b8-6-,14-12-,20-18-,26-24-,32-30-. The number of amides is 1. The summed E-state index contributed by atoms with van der Waals surface area (Å²) in [6.07, 6.45) is 51.4. The maximum absolute atomic E-state index is 12.3. The van der Waals surface area contributed by atoms with E-state index < -0.39 is 12.1 Å². The van der Waals surface area contributed by atoms with Gasteiger partial charge in [0.05, 0.1) is 18.8 Å². The molecule has 0 aromatic carbocycles. The van der Waals surface area contributed by atoms with Gasteiger partial charge in [-0.15, -0.1) is 0 Å². The summed E-state index contributed by atoms with van der Waals surface area (Å²) in [5.41, 5.74) is 0. The normalized spacial score (nSPS) is 13.7. The predicted octanol–water partition coefficient (Wildman–Crippen LogP) is 11.8. The number of unbranched alkanes of at least 4 members (excludes halogenated alkanes) is 17. The van der Waals surface area contributed by atoms with Crippen molar-refractivity contribution >= 4 is 5.91 Å². The number of carbonyl (C=O) groups is 1. The lowest BCUT2D eigenvalue weighted by molar-refractivity contribution is -0.123. The summed E-state index contributed by atoms with van der Waals surface area (Å²) >= 11 is 0. The highest BCUT2D eigenvalue weighted by Crippen LogP contribution is 2.15. The first-order valence-electron chi connectivity index (χ1n) is 19.5. The average molecular weight is 642 g/mol. The molecule has 0 aliphatic carbocycles. The fourth-order valence-corrected chi connectivity index (χ4v) is 5.57. The van der Waals surface area contributed by atoms with Gasteiger partial charge in [0.15, 0.2) is 0 Å². The van der Waals surface area contributed by atoms with E-state index in [0.29, 0.717) is 12.8 Å². The third kappa shape index (κ3) is 33.5. The van der Waals surface area contributed by atoms with Crippen LogP contribution >= 0.6 is 0 Å². The molecule has 4 nitrogen and oxygen atoms in total. The minimum atomic E-state index is -0.684. The molecule has 0 rings (SSSR count). The molecule has 0 spiro atoms. The van der Waals surface area contributed by atoms with Gasteiger partial charge in [0.25, 0.3) is 0 Å². The van der Waals surface area contributed by atoms with Crippen LogP contribution in [0.5, 0.6) is 0 Å². The third-order valence-corrected chi connectivity index (χ3v) is 8.54. The molecule has 0 aromatic heterocycles. The van der Waals surface area contributed by atoms with Gasteiger partial charge in [-0.25, -0.2) is 0 Å². The second kappa shape index (κ2) is 37.5. The Bertz CT molecular complexity index is 782. The second-order valence-corrected chi connectivity index (χ2v) is 13.0. The minimum Gasteiger partial charge on any atom is -0.394 e. The van der Waals surface area contributed by atoms with Crippen molar-refractivity contribution in [3.63, 3.8) is 0 Å². The Labute approximate surface area is 286 Å². The second-order valence-electron chi connectivity index (χ2n) is 13.0. The molecule has 3 N–H and O–H groups in total. The lowest BCUT2D eigenvalue weighted by Crippen LogP contribution is -2.45. The van der Waals surface area contributed by atoms with E-state index >= 15 is 0 Å². The molecule has 0 bridgehead atoms. The van der Waals surface area contributed by atoms with E-state index in [1.807, 2.05) is 0 Å². The molecule has 0 aromatic rings. The molecule has 266 valence electrons. The Hall–Kier alpha value is -1.91. The van der Waals surface area contributed by atoms with Gasteiger partial charge < -0.3 is 15.5 Å². The number of allylic oxidation sites excluding steroid dienone is 10. The van der Waals surface area contributed by atoms with Crippen molar-refractivity contribution < 1.29 is 15.0 Å². The Morgan fingerprint density at radius 1 is 0.543 bits per heavy atom. The lowest BCUT2D eigenvalue weighted by Gasteiger charge is -2.22. The van der Waals surface area contributed by atoms with Crippen molar-refractivity contribution in [2.45, 2.75) is 193 Å². The highest BCUT2D eigenvalue weighted by molar-refractivity contribution is 5.76. The summed E-state index contributed by atoms with van der Waals surface area (Å²) in [6, 6.07) is -0.567. The van der Waals surface area contributed by atoms with Gasteiger partial charge in [-0.3, -0.25) is 4.79 Å². The highest BCUT2D eigenvalue weighted by atomic mass is 16.3. The highest BCUT2D eigenvalue weighted by Gasteiger charge is 2.19. The Morgan fingerprint density at radius 3 is 1.35 bits per heavy atom. The maximum Gasteiger partial charge on any atom is 0.220 e. The van der Waals surface area contributed by atoms with E-state index in [1.165, 1.54) is 96.3 Å². The average Bonchev–Trinajstić information content (AvgIpc) is 3.06. The number of aliphatic hydroxyl groups excluding tert-OH is 2. The van der Waals surface area contributed by atoms with Crippen LogP contribution in [0.15, 0.2) is 60.8 Å². The van der Waals surface area contributed by atoms with Crippen LogP contribution in [0, 0.1) is 0 Å². The molecule has 46 heavy (non-hydrogen) atoms. The summed E-state index contributed by atoms with van der Waals surface area (Å²) < 4.78 is 0. The van der Waals surface area contributed by atoms with Crippen LogP contribution in [0.2, 0.25) is 0 Å². The van der Waals surface area contributed by atoms with Crippen molar-refractivity contribution in [3.05, 3.63) is 60.8 Å². The number of hydrogen-bond acceptors (Lipinski definition) is 3. The molecule has 0 saturated heterocycles. The molecule has 4 heteroatoms. The zero-order valence-electron chi connectivity index (χ0n) is 30.3. The molecule has 2 atom stereocenters. The first-order chi connectivity index (χ1) is 22.7. The number of carbonyl (C=O) groups excluding carboxylic acids is 1. The molecule has 1 amide bonds. The van der Waals surface area contributed by atoms with Gasteiger partial charge in [0, 0.05) is 6.42 Å². The van der Waals surface area contributed by atoms with E-state index in [2.05, 4.69) is 79.9 Å². The van der Waals surface area contributed by atoms with Gasteiger partial charge in [0.2, 0.25) is 5.91 Å². The zero-order chi connectivity index (χ0) is 33.6. The van der Waals surface area contributed by atoms with Crippen LogP contribution in [0.4, 0.5) is 0 Å². The molecular weight excluding hydrogens is 566 g/mol. The molecule has 0 fully saturated rings. The molecule has 0 radical (unpaired) electrons. The van der Waals surface area contributed by atoms with Crippen molar-refractivity contribution in [2.75, 3.05) is 6.61 Å². The quantitative estimate of drug-likeness (QED) is 0.0483. The van der Waals surface area contributed by atoms with Crippen LogP contribution in [0.25, 0.3) is 0 Å². The summed E-state index contributed by atoms with van der Waals surface area (Å²) in [7, 11) is 0. The minimum absolute atomic E-state index is 0.0899. The number of hydrogen-bond donors (Lipinski definition) is 3. The van der Waals surface area contributed by atoms with E-state index in [9.17, 15) is 15.0 Å². The molecule has 0 heterocycles. The maximum atomic E-state index is 12.3. The van der Waals surface area contributed by atoms with Gasteiger partial charge in [-0.2, -0.15) is 0 Å². The summed E-state index contributed by atoms with van der Waals surface area (Å²) in [5.74, 6) is -0.0899. The first-order valence-corrected chi connectivity index (χ1v) is 19.5. The Morgan fingerprint density at radius 2 is 0.935 bits per heavy atom. The molecule has 2 unspecified atom stereocenters. The number of nitrogens with one attached hydrogen (secondary N) is 1. The van der Waals surface area contributed by atoms with Gasteiger partial charge in [0.1, 0.15) is 0 Å². The van der Waals surface area contributed by atoms with E-state index in [-0.39, 0.29) is 12.5 Å². The Kier molecular flexibility index (Phi) is 36.0. The largest absolute Gasteiger partial charge is 0.394 e. The van der Waals surface area contributed by atoms with Crippen LogP contribution in [-0.2, 0) is 4.79 Å². The molecule has 0 saturated carbocycles. The van der Waals surface area contributed by atoms with Crippen LogP contribution in [0.3, 0.4) is 0 Å². The molecular formula is C42H75NO3. The smallest absolute Gasteiger partial charge is 0.220 e. The summed E-state index contributed by atoms with van der Waals surface area (Å²) in [6.45, 7) is 4.21. The SMILES string of the molecule is CC/C=C\C/C=C\C/C=C\C/C=C\C/C=C\CCCC(=O)NC(CO)C(O)CCCCCCCCCCCCCCCCCCC. The van der Waals surface area contributed by atoms with E-state index in [4.69, 9.17) is 0 Å². The van der Waals surface area contributed by atoms with Crippen molar-refractivity contribution in [1.29, 1.82) is 0 Å². The summed E-state index contributed by atoms with van der Waals surface area (Å²) in [5, 5.41) is 23.0. The fourth-order valence-electron chi connectivity index (χ4n) is 5.57. The van der Waals surface area contributed by atoms with Crippen molar-refractivity contribution in [1.82, 2.24) is 5.32 Å². The van der Waals surface area contributed by atoms with Crippen molar-refractivity contribution in [3.8, 4) is 0 Å². The van der Waals surface area contributed by atoms with Crippen LogP contribution in [-0.4, -0.2) is 34.9 Å². The molecule has 0 aliphatic heterocycles. The van der Waals surface area contributed by atoms with Crippen LogP contribution < -0.4 is 5.32 Å². The zero-order valence-corrected chi connectivity index (χ0v) is 30.3. The lowest BCUT2D eigenvalue weighted by atomic mass is 10.0. The molecule has 0 aliphatic rings. The number of aliphatic hydroxyl groups is 2. The van der Waals surface area contributed by atoms with Crippen LogP contribution in [0.1, 0.15) is 181 Å². The Balaban J connectivity index is 3.67.